The van der Waals surface area contributed by atoms with Crippen LogP contribution in [0.3, 0.4) is 0 Å². The van der Waals surface area contributed by atoms with Crippen LogP contribution in [-0.4, -0.2) is 32.6 Å². The van der Waals surface area contributed by atoms with E-state index in [2.05, 4.69) is 34.9 Å². The van der Waals surface area contributed by atoms with Gasteiger partial charge in [-0.3, -0.25) is 0 Å². The van der Waals surface area contributed by atoms with Gasteiger partial charge >= 0.3 is 0 Å². The van der Waals surface area contributed by atoms with E-state index in [0.717, 1.165) is 24.3 Å². The zero-order chi connectivity index (χ0) is 22.7. The summed E-state index contributed by atoms with van der Waals surface area (Å²) in [6.07, 6.45) is 2.27. The number of nitrogens with zero attached hydrogens (tertiary/aromatic N) is 1. The van der Waals surface area contributed by atoms with Gasteiger partial charge in [0.2, 0.25) is 10.0 Å². The van der Waals surface area contributed by atoms with Crippen molar-refractivity contribution >= 4 is 32.2 Å². The van der Waals surface area contributed by atoms with Crippen molar-refractivity contribution in [1.82, 2.24) is 10.3 Å². The van der Waals surface area contributed by atoms with Crippen LogP contribution in [0.25, 0.3) is 11.3 Å². The van der Waals surface area contributed by atoms with E-state index >= 15 is 0 Å². The van der Waals surface area contributed by atoms with Crippen molar-refractivity contribution < 1.29 is 13.2 Å². The van der Waals surface area contributed by atoms with Gasteiger partial charge in [0, 0.05) is 10.9 Å². The predicted octanol–water partition coefficient (Wildman–Crippen LogP) is 4.46. The first-order chi connectivity index (χ1) is 15.3. The highest BCUT2D eigenvalue weighted by atomic mass is 32.2. The summed E-state index contributed by atoms with van der Waals surface area (Å²) in [6, 6.07) is 13.1. The largest absolute Gasteiger partial charge is 0.489 e. The van der Waals surface area contributed by atoms with E-state index in [-0.39, 0.29) is 11.0 Å². The molecule has 7 nitrogen and oxygen atoms in total. The molecule has 0 bridgehead atoms. The maximum atomic E-state index is 11.8. The summed E-state index contributed by atoms with van der Waals surface area (Å²) < 4.78 is 29.4. The average molecular weight is 473 g/mol. The number of primary sulfonamides is 1. The number of thiazole rings is 1. The molecule has 0 spiro atoms. The molecule has 32 heavy (non-hydrogen) atoms. The molecule has 0 saturated carbocycles. The molecule has 1 aliphatic rings. The fourth-order valence-corrected chi connectivity index (χ4v) is 5.07. The molecule has 0 radical (unpaired) electrons. The van der Waals surface area contributed by atoms with Gasteiger partial charge < -0.3 is 15.4 Å². The third-order valence-corrected chi connectivity index (χ3v) is 7.07. The van der Waals surface area contributed by atoms with Crippen LogP contribution in [0.1, 0.15) is 38.2 Å². The van der Waals surface area contributed by atoms with Gasteiger partial charge in [-0.2, -0.15) is 0 Å². The topological polar surface area (TPSA) is 106 Å². The van der Waals surface area contributed by atoms with Crippen molar-refractivity contribution in [3.63, 3.8) is 0 Å². The van der Waals surface area contributed by atoms with Crippen molar-refractivity contribution in [2.75, 3.05) is 18.4 Å². The zero-order valence-corrected chi connectivity index (χ0v) is 19.8. The second-order valence-electron chi connectivity index (χ2n) is 8.18. The zero-order valence-electron chi connectivity index (χ0n) is 18.2. The van der Waals surface area contributed by atoms with Crippen LogP contribution in [0.15, 0.2) is 52.7 Å². The predicted molar refractivity (Wildman–Crippen MR) is 129 cm³/mol. The minimum absolute atomic E-state index is 0.0152. The fourth-order valence-electron chi connectivity index (χ4n) is 3.80. The van der Waals surface area contributed by atoms with Gasteiger partial charge in [-0.15, -0.1) is 11.3 Å². The van der Waals surface area contributed by atoms with Gasteiger partial charge in [-0.25, -0.2) is 18.5 Å². The summed E-state index contributed by atoms with van der Waals surface area (Å²) in [6.45, 7) is 5.96. The molecule has 4 N–H and O–H groups in total. The molecular weight excluding hydrogens is 444 g/mol. The monoisotopic (exact) mass is 472 g/mol. The summed E-state index contributed by atoms with van der Waals surface area (Å²) in [5.74, 6) is 1.15. The Morgan fingerprint density at radius 2 is 1.88 bits per heavy atom. The molecule has 170 valence electrons. The lowest BCUT2D eigenvalue weighted by Crippen LogP contribution is -2.26. The average Bonchev–Trinajstić information content (AvgIpc) is 3.23. The number of benzene rings is 2. The molecular formula is C23H28N4O3S2. The van der Waals surface area contributed by atoms with Gasteiger partial charge in [0.05, 0.1) is 22.4 Å². The first-order valence-electron chi connectivity index (χ1n) is 10.7. The van der Waals surface area contributed by atoms with Gasteiger partial charge in [0.25, 0.3) is 0 Å². The summed E-state index contributed by atoms with van der Waals surface area (Å²) in [5.41, 5.74) is 3.79. The van der Waals surface area contributed by atoms with E-state index in [1.165, 1.54) is 41.9 Å². The van der Waals surface area contributed by atoms with E-state index < -0.39 is 10.0 Å². The molecule has 2 heterocycles. The summed E-state index contributed by atoms with van der Waals surface area (Å²) in [7, 11) is -3.83. The highest BCUT2D eigenvalue weighted by molar-refractivity contribution is 7.89. The minimum atomic E-state index is -3.83. The van der Waals surface area contributed by atoms with Crippen molar-refractivity contribution in [2.45, 2.75) is 43.6 Å². The smallest absolute Gasteiger partial charge is 0.238 e. The van der Waals surface area contributed by atoms with Gasteiger partial charge in [0.1, 0.15) is 5.75 Å². The Labute approximate surface area is 193 Å². The Bertz CT molecular complexity index is 1170. The number of ether oxygens (including phenoxy) is 1. The van der Waals surface area contributed by atoms with Crippen molar-refractivity contribution in [2.24, 2.45) is 5.14 Å². The Kier molecular flexibility index (Phi) is 6.80. The minimum Gasteiger partial charge on any atom is -0.489 e. The number of sulfonamides is 1. The van der Waals surface area contributed by atoms with Crippen LogP contribution in [-0.2, 0) is 10.0 Å². The maximum absolute atomic E-state index is 11.8. The number of nitrogens with one attached hydrogen (secondary N) is 2. The Morgan fingerprint density at radius 3 is 2.53 bits per heavy atom. The molecule has 9 heteroatoms. The quantitative estimate of drug-likeness (QED) is 0.469. The number of anilines is 2. The van der Waals surface area contributed by atoms with Crippen molar-refractivity contribution in [3.8, 4) is 17.0 Å². The molecule has 1 saturated heterocycles. The SMILES string of the molecule is CC(C)Oc1ccc(S(N)(=O)=O)cc1Nc1nc(-c2ccc(C3CCNCC3)cc2)cs1. The van der Waals surface area contributed by atoms with E-state index in [9.17, 15) is 8.42 Å². The Hall–Kier alpha value is -2.46. The first kappa shape index (κ1) is 22.7. The lowest BCUT2D eigenvalue weighted by Gasteiger charge is -2.23. The highest BCUT2D eigenvalue weighted by Crippen LogP contribution is 2.34. The lowest BCUT2D eigenvalue weighted by atomic mass is 9.90. The van der Waals surface area contributed by atoms with Crippen LogP contribution >= 0.6 is 11.3 Å². The molecule has 3 aromatic rings. The standard InChI is InChI=1S/C23H28N4O3S2/c1-15(2)30-22-8-7-19(32(24,28)29)13-20(22)26-23-27-21(14-31-23)18-5-3-16(4-6-18)17-9-11-25-12-10-17/h3-8,13-15,17,25H,9-12H2,1-2H3,(H,26,27)(H2,24,28,29). The van der Waals surface area contributed by atoms with Gasteiger partial charge in [-0.1, -0.05) is 24.3 Å². The third-order valence-electron chi connectivity index (χ3n) is 5.41. The van der Waals surface area contributed by atoms with E-state index in [4.69, 9.17) is 14.9 Å². The molecule has 0 amide bonds. The normalized spacial score (nSPS) is 15.1. The Morgan fingerprint density at radius 1 is 1.16 bits per heavy atom. The maximum Gasteiger partial charge on any atom is 0.238 e. The van der Waals surface area contributed by atoms with Crippen LogP contribution in [0.2, 0.25) is 0 Å². The van der Waals surface area contributed by atoms with Crippen LogP contribution < -0.4 is 20.5 Å². The second kappa shape index (κ2) is 9.58. The number of hydrogen-bond acceptors (Lipinski definition) is 7. The van der Waals surface area contributed by atoms with Gasteiger partial charge in [-0.05, 0) is 69.5 Å². The summed E-state index contributed by atoms with van der Waals surface area (Å²) in [5, 5.41) is 14.5. The lowest BCUT2D eigenvalue weighted by molar-refractivity contribution is 0.243. The number of aromatic nitrogens is 1. The molecule has 1 fully saturated rings. The van der Waals surface area contributed by atoms with E-state index in [1.807, 2.05) is 19.2 Å². The molecule has 0 aliphatic carbocycles. The van der Waals surface area contributed by atoms with Crippen LogP contribution in [0.5, 0.6) is 5.75 Å². The van der Waals surface area contributed by atoms with Gasteiger partial charge in [0.15, 0.2) is 5.13 Å². The fraction of sp³-hybridized carbons (Fsp3) is 0.348. The number of nitrogens with two attached hydrogens (primary N) is 1. The molecule has 4 rings (SSSR count). The van der Waals surface area contributed by atoms with Crippen molar-refractivity contribution in [1.29, 1.82) is 0 Å². The third kappa shape index (κ3) is 5.47. The molecule has 2 aromatic carbocycles. The van der Waals surface area contributed by atoms with Crippen LogP contribution in [0.4, 0.5) is 10.8 Å². The molecule has 0 atom stereocenters. The molecule has 1 aromatic heterocycles. The number of rotatable bonds is 7. The highest BCUT2D eigenvalue weighted by Gasteiger charge is 2.17. The summed E-state index contributed by atoms with van der Waals surface area (Å²) >= 11 is 1.45. The Balaban J connectivity index is 1.55. The van der Waals surface area contributed by atoms with Crippen molar-refractivity contribution in [3.05, 3.63) is 53.4 Å². The molecule has 0 unspecified atom stereocenters. The number of hydrogen-bond donors (Lipinski definition) is 3. The number of piperidine rings is 1. The van der Waals surface area contributed by atoms with Crippen LogP contribution in [0, 0.1) is 0 Å². The summed E-state index contributed by atoms with van der Waals surface area (Å²) in [4.78, 5) is 4.71. The second-order valence-corrected chi connectivity index (χ2v) is 10.6. The van der Waals surface area contributed by atoms with E-state index in [0.29, 0.717) is 22.5 Å². The van der Waals surface area contributed by atoms with E-state index in [1.54, 1.807) is 6.07 Å². The molecule has 1 aliphatic heterocycles. The first-order valence-corrected chi connectivity index (χ1v) is 13.1.